The number of rotatable bonds is 5. The number of hydrogen-bond acceptors (Lipinski definition) is 4. The smallest absolute Gasteiger partial charge is 0.410 e. The molecule has 1 saturated heterocycles. The second kappa shape index (κ2) is 9.82. The van der Waals surface area contributed by atoms with Gasteiger partial charge in [-0.25, -0.2) is 9.78 Å². The summed E-state index contributed by atoms with van der Waals surface area (Å²) in [4.78, 5) is 19.1. The zero-order valence-corrected chi connectivity index (χ0v) is 20.8. The molecule has 0 bridgehead atoms. The summed E-state index contributed by atoms with van der Waals surface area (Å²) in [5.41, 5.74) is 2.44. The zero-order valence-electron chi connectivity index (χ0n) is 19.3. The highest BCUT2D eigenvalue weighted by molar-refractivity contribution is 6.35. The number of likely N-dealkylation sites (tertiary alicyclic amines) is 1. The van der Waals surface area contributed by atoms with Crippen LogP contribution in [-0.4, -0.2) is 45.8 Å². The third-order valence-electron chi connectivity index (χ3n) is 5.72. The number of nitrogens with zero attached hydrogens (tertiary/aromatic N) is 3. The van der Waals surface area contributed by atoms with E-state index < -0.39 is 5.60 Å². The molecule has 2 heterocycles. The van der Waals surface area contributed by atoms with Crippen LogP contribution < -0.4 is 5.32 Å². The molecular formula is C25H30Cl2N4O2. The number of piperidine rings is 1. The average molecular weight is 489 g/mol. The van der Waals surface area contributed by atoms with E-state index in [-0.39, 0.29) is 6.09 Å². The molecule has 1 amide bonds. The van der Waals surface area contributed by atoms with Crippen molar-refractivity contribution in [3.05, 3.63) is 58.1 Å². The number of amides is 1. The summed E-state index contributed by atoms with van der Waals surface area (Å²) >= 11 is 12.5. The topological polar surface area (TPSA) is 59.4 Å². The standard InChI is InChI=1S/C25H30Cl2N4O2/c1-25(2,3)33-24(32)30-12-6-7-17(15-30)14-28-23-29-21-8-4-5-9-22(21)31(23)16-18-10-11-19(26)13-20(18)27/h4-5,8-11,13,17H,6-7,12,14-16H2,1-3H3,(H,28,29)/t17-/m0/s1. The van der Waals surface area contributed by atoms with Gasteiger partial charge in [0.1, 0.15) is 5.60 Å². The van der Waals surface area contributed by atoms with Gasteiger partial charge in [-0.15, -0.1) is 0 Å². The molecule has 4 rings (SSSR count). The van der Waals surface area contributed by atoms with E-state index in [2.05, 4.69) is 16.0 Å². The molecule has 0 spiro atoms. The number of nitrogens with one attached hydrogen (secondary N) is 1. The van der Waals surface area contributed by atoms with Crippen LogP contribution in [0.2, 0.25) is 10.0 Å². The molecular weight excluding hydrogens is 459 g/mol. The van der Waals surface area contributed by atoms with Gasteiger partial charge in [0.25, 0.3) is 0 Å². The molecule has 1 fully saturated rings. The predicted molar refractivity (Wildman–Crippen MR) is 134 cm³/mol. The fourth-order valence-corrected chi connectivity index (χ4v) is 4.62. The van der Waals surface area contributed by atoms with Crippen LogP contribution >= 0.6 is 23.2 Å². The monoisotopic (exact) mass is 488 g/mol. The van der Waals surface area contributed by atoms with Gasteiger partial charge in [-0.1, -0.05) is 41.4 Å². The third-order valence-corrected chi connectivity index (χ3v) is 6.30. The normalized spacial score (nSPS) is 16.8. The van der Waals surface area contributed by atoms with E-state index in [0.29, 0.717) is 29.1 Å². The summed E-state index contributed by atoms with van der Waals surface area (Å²) in [6.45, 7) is 8.39. The number of aromatic nitrogens is 2. The molecule has 0 unspecified atom stereocenters. The summed E-state index contributed by atoms with van der Waals surface area (Å²) in [6.07, 6.45) is 1.77. The molecule has 1 aliphatic heterocycles. The number of imidazole rings is 1. The van der Waals surface area contributed by atoms with Crippen molar-refractivity contribution in [3.8, 4) is 0 Å². The molecule has 0 saturated carbocycles. The van der Waals surface area contributed by atoms with Gasteiger partial charge >= 0.3 is 6.09 Å². The van der Waals surface area contributed by atoms with Crippen LogP contribution in [0.15, 0.2) is 42.5 Å². The molecule has 1 atom stereocenters. The molecule has 1 N–H and O–H groups in total. The SMILES string of the molecule is CC(C)(C)OC(=O)N1CCC[C@@H](CNc2nc3ccccc3n2Cc2ccc(Cl)cc2Cl)C1. The van der Waals surface area contributed by atoms with Crippen LogP contribution in [0, 0.1) is 5.92 Å². The Morgan fingerprint density at radius 2 is 2.00 bits per heavy atom. The van der Waals surface area contributed by atoms with Gasteiger partial charge in [0.15, 0.2) is 0 Å². The van der Waals surface area contributed by atoms with Crippen molar-refractivity contribution in [1.82, 2.24) is 14.5 Å². The molecule has 176 valence electrons. The first-order valence-corrected chi connectivity index (χ1v) is 12.1. The Labute approximate surface area is 204 Å². The average Bonchev–Trinajstić information content (AvgIpc) is 3.10. The predicted octanol–water partition coefficient (Wildman–Crippen LogP) is 6.45. The third kappa shape index (κ3) is 5.92. The highest BCUT2D eigenvalue weighted by Gasteiger charge is 2.28. The lowest BCUT2D eigenvalue weighted by atomic mass is 9.98. The van der Waals surface area contributed by atoms with Gasteiger partial charge in [0.05, 0.1) is 17.6 Å². The van der Waals surface area contributed by atoms with Gasteiger partial charge in [0.2, 0.25) is 5.95 Å². The van der Waals surface area contributed by atoms with Crippen molar-refractivity contribution in [2.24, 2.45) is 5.92 Å². The molecule has 0 aliphatic carbocycles. The lowest BCUT2D eigenvalue weighted by Crippen LogP contribution is -2.44. The number of hydrogen-bond donors (Lipinski definition) is 1. The van der Waals surface area contributed by atoms with Crippen molar-refractivity contribution in [3.63, 3.8) is 0 Å². The highest BCUT2D eigenvalue weighted by atomic mass is 35.5. The second-order valence-corrected chi connectivity index (χ2v) is 10.4. The van der Waals surface area contributed by atoms with E-state index >= 15 is 0 Å². The molecule has 1 aromatic heterocycles. The van der Waals surface area contributed by atoms with Crippen molar-refractivity contribution in [2.75, 3.05) is 25.0 Å². The summed E-state index contributed by atoms with van der Waals surface area (Å²) in [7, 11) is 0. The van der Waals surface area contributed by atoms with Crippen molar-refractivity contribution >= 4 is 46.3 Å². The minimum atomic E-state index is -0.490. The van der Waals surface area contributed by atoms with E-state index in [0.717, 1.165) is 48.5 Å². The molecule has 33 heavy (non-hydrogen) atoms. The summed E-state index contributed by atoms with van der Waals surface area (Å²) in [5.74, 6) is 1.11. The maximum Gasteiger partial charge on any atom is 0.410 e. The number of carbonyl (C=O) groups is 1. The Kier molecular flexibility index (Phi) is 7.05. The minimum Gasteiger partial charge on any atom is -0.444 e. The van der Waals surface area contributed by atoms with Gasteiger partial charge in [-0.3, -0.25) is 0 Å². The number of benzene rings is 2. The van der Waals surface area contributed by atoms with E-state index in [1.807, 2.05) is 56.0 Å². The van der Waals surface area contributed by atoms with E-state index in [9.17, 15) is 4.79 Å². The Morgan fingerprint density at radius 1 is 1.21 bits per heavy atom. The number of ether oxygens (including phenoxy) is 1. The number of anilines is 1. The van der Waals surface area contributed by atoms with Crippen LogP contribution in [-0.2, 0) is 11.3 Å². The Balaban J connectivity index is 1.49. The first kappa shape index (κ1) is 23.7. The number of halogens is 2. The maximum absolute atomic E-state index is 12.5. The van der Waals surface area contributed by atoms with Crippen LogP contribution in [0.5, 0.6) is 0 Å². The zero-order chi connectivity index (χ0) is 23.6. The fourth-order valence-electron chi connectivity index (χ4n) is 4.15. The first-order valence-electron chi connectivity index (χ1n) is 11.3. The van der Waals surface area contributed by atoms with E-state index in [1.54, 1.807) is 6.07 Å². The van der Waals surface area contributed by atoms with Crippen LogP contribution in [0.3, 0.4) is 0 Å². The van der Waals surface area contributed by atoms with Gasteiger partial charge < -0.3 is 19.5 Å². The maximum atomic E-state index is 12.5. The van der Waals surface area contributed by atoms with Crippen molar-refractivity contribution in [2.45, 2.75) is 45.8 Å². The highest BCUT2D eigenvalue weighted by Crippen LogP contribution is 2.27. The number of carbonyl (C=O) groups excluding carboxylic acids is 1. The van der Waals surface area contributed by atoms with Crippen LogP contribution in [0.25, 0.3) is 11.0 Å². The summed E-state index contributed by atoms with van der Waals surface area (Å²) in [5, 5.41) is 4.78. The summed E-state index contributed by atoms with van der Waals surface area (Å²) in [6, 6.07) is 13.6. The molecule has 0 radical (unpaired) electrons. The quantitative estimate of drug-likeness (QED) is 0.448. The van der Waals surface area contributed by atoms with Crippen molar-refractivity contribution < 1.29 is 9.53 Å². The molecule has 1 aliphatic rings. The molecule has 2 aromatic carbocycles. The minimum absolute atomic E-state index is 0.239. The van der Waals surface area contributed by atoms with Gasteiger partial charge in [-0.2, -0.15) is 0 Å². The summed E-state index contributed by atoms with van der Waals surface area (Å²) < 4.78 is 7.70. The lowest BCUT2D eigenvalue weighted by molar-refractivity contribution is 0.0172. The number of para-hydroxylation sites is 2. The van der Waals surface area contributed by atoms with E-state index in [4.69, 9.17) is 32.9 Å². The van der Waals surface area contributed by atoms with Gasteiger partial charge in [0, 0.05) is 29.7 Å². The van der Waals surface area contributed by atoms with E-state index in [1.165, 1.54) is 0 Å². The number of fused-ring (bicyclic) bond motifs is 1. The van der Waals surface area contributed by atoms with Crippen LogP contribution in [0.4, 0.5) is 10.7 Å². The van der Waals surface area contributed by atoms with Gasteiger partial charge in [-0.05, 0) is 69.4 Å². The molecule has 6 nitrogen and oxygen atoms in total. The first-order chi connectivity index (χ1) is 15.7. The van der Waals surface area contributed by atoms with Crippen molar-refractivity contribution in [1.29, 1.82) is 0 Å². The largest absolute Gasteiger partial charge is 0.444 e. The molecule has 8 heteroatoms. The lowest BCUT2D eigenvalue weighted by Gasteiger charge is -2.34. The fraction of sp³-hybridized carbons (Fsp3) is 0.440. The molecule has 3 aromatic rings. The Morgan fingerprint density at radius 3 is 2.76 bits per heavy atom. The Bertz CT molecular complexity index is 1140. The van der Waals surface area contributed by atoms with Crippen LogP contribution in [0.1, 0.15) is 39.2 Å². The second-order valence-electron chi connectivity index (χ2n) is 9.56. The Hall–Kier alpha value is -2.44.